The molecule has 0 aliphatic carbocycles. The Hall–Kier alpha value is -6.62. The number of nitrogens with zero attached hydrogens (tertiary/aromatic N) is 2. The lowest BCUT2D eigenvalue weighted by atomic mass is 10.00. The molecule has 8 aromatic carbocycles. The molecule has 0 spiro atoms. The molecule has 11 rings (SSSR count). The van der Waals surface area contributed by atoms with E-state index >= 15 is 0 Å². The van der Waals surface area contributed by atoms with E-state index in [0.717, 1.165) is 44.7 Å². The van der Waals surface area contributed by atoms with Gasteiger partial charge in [0.15, 0.2) is 0 Å². The molecule has 0 unspecified atom stereocenters. The first-order valence-electron chi connectivity index (χ1n) is 17.6. The summed E-state index contributed by atoms with van der Waals surface area (Å²) in [6.45, 7) is 0. The fourth-order valence-electron chi connectivity index (χ4n) is 8.07. The topological polar surface area (TPSA) is 21.3 Å². The van der Waals surface area contributed by atoms with Gasteiger partial charge in [0.2, 0.25) is 0 Å². The lowest BCUT2D eigenvalue weighted by Crippen LogP contribution is -2.10. The lowest BCUT2D eigenvalue weighted by Gasteiger charge is -2.27. The standard InChI is InChI=1S/C48H30N2OS/c1-2-12-31(13-3-1)35-27-28-43(47-39-17-7-11-21-46(39)52-48(35)47)49(34-26-29-45-40(30-34)38-16-6-10-20-44(38)51-45)32-22-24-33(25-23-32)50-41-18-8-4-14-36(41)37-15-5-9-19-42(37)50/h1-30H. The third-order valence-corrected chi connectivity index (χ3v) is 11.6. The van der Waals surface area contributed by atoms with E-state index in [1.54, 1.807) is 0 Å². The van der Waals surface area contributed by atoms with Crippen LogP contribution in [0.4, 0.5) is 17.1 Å². The highest BCUT2D eigenvalue weighted by Crippen LogP contribution is 2.49. The van der Waals surface area contributed by atoms with Crippen LogP contribution >= 0.6 is 11.3 Å². The van der Waals surface area contributed by atoms with E-state index < -0.39 is 0 Å². The Balaban J connectivity index is 1.17. The zero-order valence-electron chi connectivity index (χ0n) is 28.0. The molecule has 0 saturated carbocycles. The van der Waals surface area contributed by atoms with E-state index in [1.807, 2.05) is 23.5 Å². The summed E-state index contributed by atoms with van der Waals surface area (Å²) in [5.74, 6) is 0. The number of rotatable bonds is 5. The Morgan fingerprint density at radius 3 is 1.85 bits per heavy atom. The number of anilines is 3. The SMILES string of the molecule is c1ccc(-c2ccc(N(c3ccc(-n4c5ccccc5c5ccccc54)cc3)c3ccc4oc5ccccc5c4c3)c3c2sc2ccccc23)cc1. The first-order chi connectivity index (χ1) is 25.8. The Kier molecular flexibility index (Phi) is 6.42. The third-order valence-electron chi connectivity index (χ3n) is 10.4. The highest BCUT2D eigenvalue weighted by Gasteiger charge is 2.22. The summed E-state index contributed by atoms with van der Waals surface area (Å²) in [4.78, 5) is 2.42. The van der Waals surface area contributed by atoms with E-state index in [-0.39, 0.29) is 0 Å². The minimum atomic E-state index is 0.886. The van der Waals surface area contributed by atoms with Gasteiger partial charge in [-0.05, 0) is 83.9 Å². The Bertz CT molecular complexity index is 3080. The summed E-state index contributed by atoms with van der Waals surface area (Å²) in [6.07, 6.45) is 0. The predicted octanol–water partition coefficient (Wildman–Crippen LogP) is 14.2. The van der Waals surface area contributed by atoms with Crippen LogP contribution in [0.15, 0.2) is 186 Å². The third kappa shape index (κ3) is 4.38. The number of para-hydroxylation sites is 3. The summed E-state index contributed by atoms with van der Waals surface area (Å²) in [7, 11) is 0. The van der Waals surface area contributed by atoms with Gasteiger partial charge in [-0.1, -0.05) is 109 Å². The quantitative estimate of drug-likeness (QED) is 0.180. The van der Waals surface area contributed by atoms with Gasteiger partial charge in [0, 0.05) is 58.8 Å². The van der Waals surface area contributed by atoms with Crippen LogP contribution in [0.5, 0.6) is 0 Å². The van der Waals surface area contributed by atoms with Crippen LogP contribution in [-0.2, 0) is 0 Å². The van der Waals surface area contributed by atoms with Gasteiger partial charge in [0.1, 0.15) is 11.2 Å². The van der Waals surface area contributed by atoms with Crippen LogP contribution in [0.3, 0.4) is 0 Å². The van der Waals surface area contributed by atoms with Gasteiger partial charge in [0.05, 0.1) is 16.7 Å². The molecule has 0 bridgehead atoms. The molecule has 52 heavy (non-hydrogen) atoms. The van der Waals surface area contributed by atoms with Crippen molar-refractivity contribution >= 4 is 92.3 Å². The second-order valence-corrected chi connectivity index (χ2v) is 14.4. The van der Waals surface area contributed by atoms with Crippen LogP contribution in [0.25, 0.3) is 80.7 Å². The summed E-state index contributed by atoms with van der Waals surface area (Å²) >= 11 is 1.87. The van der Waals surface area contributed by atoms with Crippen molar-refractivity contribution in [3.63, 3.8) is 0 Å². The average molecular weight is 683 g/mol. The molecule has 3 heterocycles. The van der Waals surface area contributed by atoms with Gasteiger partial charge in [-0.3, -0.25) is 0 Å². The zero-order chi connectivity index (χ0) is 34.2. The highest BCUT2D eigenvalue weighted by molar-refractivity contribution is 7.26. The Labute approximate surface area is 303 Å². The first kappa shape index (κ1) is 29.1. The molecule has 4 heteroatoms. The van der Waals surface area contributed by atoms with Crippen LogP contribution in [0.2, 0.25) is 0 Å². The van der Waals surface area contributed by atoms with Gasteiger partial charge < -0.3 is 13.9 Å². The number of furan rings is 1. The Morgan fingerprint density at radius 1 is 0.462 bits per heavy atom. The number of aromatic nitrogens is 1. The maximum Gasteiger partial charge on any atom is 0.135 e. The maximum atomic E-state index is 6.29. The molecule has 3 aromatic heterocycles. The number of hydrogen-bond acceptors (Lipinski definition) is 3. The smallest absolute Gasteiger partial charge is 0.135 e. The van der Waals surface area contributed by atoms with Crippen molar-refractivity contribution in [2.45, 2.75) is 0 Å². The molecule has 0 saturated heterocycles. The van der Waals surface area contributed by atoms with Crippen LogP contribution in [0.1, 0.15) is 0 Å². The van der Waals surface area contributed by atoms with Gasteiger partial charge >= 0.3 is 0 Å². The highest BCUT2D eigenvalue weighted by atomic mass is 32.1. The molecule has 0 fully saturated rings. The summed E-state index contributed by atoms with van der Waals surface area (Å²) < 4.78 is 11.2. The van der Waals surface area contributed by atoms with E-state index in [4.69, 9.17) is 4.42 Å². The molecule has 0 aliphatic rings. The molecule has 0 radical (unpaired) electrons. The monoisotopic (exact) mass is 682 g/mol. The molecule has 11 aromatic rings. The van der Waals surface area contributed by atoms with Gasteiger partial charge in [-0.25, -0.2) is 0 Å². The molecule has 0 atom stereocenters. The van der Waals surface area contributed by atoms with Crippen LogP contribution < -0.4 is 4.90 Å². The van der Waals surface area contributed by atoms with E-state index in [1.165, 1.54) is 53.1 Å². The van der Waals surface area contributed by atoms with Gasteiger partial charge in [-0.15, -0.1) is 11.3 Å². The summed E-state index contributed by atoms with van der Waals surface area (Å²) in [6, 6.07) is 65.5. The molecule has 244 valence electrons. The minimum Gasteiger partial charge on any atom is -0.456 e. The van der Waals surface area contributed by atoms with Crippen molar-refractivity contribution in [3.8, 4) is 16.8 Å². The maximum absolute atomic E-state index is 6.29. The van der Waals surface area contributed by atoms with Gasteiger partial charge in [-0.2, -0.15) is 0 Å². The summed E-state index contributed by atoms with van der Waals surface area (Å²) in [5, 5.41) is 7.26. The number of thiophene rings is 1. The first-order valence-corrected chi connectivity index (χ1v) is 18.4. The minimum absolute atomic E-state index is 0.886. The zero-order valence-corrected chi connectivity index (χ0v) is 28.8. The normalized spacial score (nSPS) is 11.8. The number of hydrogen-bond donors (Lipinski definition) is 0. The molecule has 0 N–H and O–H groups in total. The molecule has 0 amide bonds. The fourth-order valence-corrected chi connectivity index (χ4v) is 9.33. The molecular weight excluding hydrogens is 653 g/mol. The largest absolute Gasteiger partial charge is 0.456 e. The Morgan fingerprint density at radius 2 is 1.08 bits per heavy atom. The predicted molar refractivity (Wildman–Crippen MR) is 221 cm³/mol. The van der Waals surface area contributed by atoms with Crippen LogP contribution in [-0.4, -0.2) is 4.57 Å². The molecule has 0 aliphatic heterocycles. The van der Waals surface area contributed by atoms with E-state index in [9.17, 15) is 0 Å². The second kappa shape index (κ2) is 11.5. The second-order valence-electron chi connectivity index (χ2n) is 13.3. The van der Waals surface area contributed by atoms with Crippen molar-refractivity contribution in [2.75, 3.05) is 4.90 Å². The van der Waals surface area contributed by atoms with Crippen molar-refractivity contribution in [1.82, 2.24) is 4.57 Å². The van der Waals surface area contributed by atoms with Crippen molar-refractivity contribution < 1.29 is 4.42 Å². The number of fused-ring (bicyclic) bond motifs is 9. The summed E-state index contributed by atoms with van der Waals surface area (Å²) in [5.41, 5.74) is 11.1. The van der Waals surface area contributed by atoms with Crippen molar-refractivity contribution in [2.24, 2.45) is 0 Å². The number of benzene rings is 8. The van der Waals surface area contributed by atoms with Crippen LogP contribution in [0, 0.1) is 0 Å². The van der Waals surface area contributed by atoms with Gasteiger partial charge in [0.25, 0.3) is 0 Å². The molecule has 3 nitrogen and oxygen atoms in total. The van der Waals surface area contributed by atoms with E-state index in [2.05, 4.69) is 179 Å². The lowest BCUT2D eigenvalue weighted by molar-refractivity contribution is 0.669. The molecular formula is C48H30N2OS. The van der Waals surface area contributed by atoms with Crippen molar-refractivity contribution in [1.29, 1.82) is 0 Å². The van der Waals surface area contributed by atoms with E-state index in [0.29, 0.717) is 0 Å². The fraction of sp³-hybridized carbons (Fsp3) is 0. The average Bonchev–Trinajstić information content (AvgIpc) is 3.89. The van der Waals surface area contributed by atoms with Crippen molar-refractivity contribution in [3.05, 3.63) is 182 Å².